The molecule has 0 saturated heterocycles. The number of ether oxygens (including phenoxy) is 1. The Hall–Kier alpha value is -2.74. The normalized spacial score (nSPS) is 10.9. The number of benzene rings is 2. The van der Waals surface area contributed by atoms with Crippen molar-refractivity contribution in [2.24, 2.45) is 0 Å². The summed E-state index contributed by atoms with van der Waals surface area (Å²) >= 11 is 0. The summed E-state index contributed by atoms with van der Waals surface area (Å²) in [5.41, 5.74) is -0.0331. The zero-order chi connectivity index (χ0) is 17.7. The molecule has 0 atom stereocenters. The van der Waals surface area contributed by atoms with E-state index in [1.54, 1.807) is 6.07 Å². The number of esters is 1. The van der Waals surface area contributed by atoms with Crippen molar-refractivity contribution in [1.29, 1.82) is 0 Å². The summed E-state index contributed by atoms with van der Waals surface area (Å²) < 4.78 is 41.1. The molecule has 2 rings (SSSR count). The van der Waals surface area contributed by atoms with Crippen molar-refractivity contribution >= 4 is 27.4 Å². The van der Waals surface area contributed by atoms with Gasteiger partial charge in [0.2, 0.25) is 0 Å². The van der Waals surface area contributed by atoms with Gasteiger partial charge in [-0.25, -0.2) is 17.6 Å². The maximum atomic E-state index is 13.4. The lowest BCUT2D eigenvalue weighted by atomic mass is 10.2. The quantitative estimate of drug-likeness (QED) is 0.833. The number of anilines is 1. The highest BCUT2D eigenvalue weighted by Crippen LogP contribution is 2.13. The molecule has 2 aromatic carbocycles. The van der Waals surface area contributed by atoms with E-state index in [2.05, 4.69) is 5.32 Å². The van der Waals surface area contributed by atoms with Crippen LogP contribution in [0, 0.1) is 5.82 Å². The number of halogens is 1. The molecule has 24 heavy (non-hydrogen) atoms. The largest absolute Gasteiger partial charge is 0.452 e. The van der Waals surface area contributed by atoms with Gasteiger partial charge >= 0.3 is 5.97 Å². The molecule has 0 aliphatic carbocycles. The molecule has 0 heterocycles. The standard InChI is InChI=1S/C16H14FNO5S/c1-24(21,22)12-6-4-5-11(9-12)16(20)23-10-15(19)18-14-8-3-2-7-13(14)17/h2-9H,10H2,1H3,(H,18,19). The molecule has 0 saturated carbocycles. The van der Waals surface area contributed by atoms with Crippen LogP contribution in [0.3, 0.4) is 0 Å². The monoisotopic (exact) mass is 351 g/mol. The molecule has 0 bridgehead atoms. The first-order chi connectivity index (χ1) is 11.3. The fourth-order valence-corrected chi connectivity index (χ4v) is 2.48. The molecule has 0 fully saturated rings. The lowest BCUT2D eigenvalue weighted by Gasteiger charge is -2.08. The average molecular weight is 351 g/mol. The zero-order valence-corrected chi connectivity index (χ0v) is 13.5. The number of sulfone groups is 1. The molecule has 1 amide bonds. The van der Waals surface area contributed by atoms with Crippen molar-refractivity contribution < 1.29 is 27.1 Å². The number of carbonyl (C=O) groups is 2. The average Bonchev–Trinajstić information content (AvgIpc) is 2.54. The zero-order valence-electron chi connectivity index (χ0n) is 12.7. The van der Waals surface area contributed by atoms with E-state index in [1.165, 1.54) is 36.4 Å². The molecule has 0 radical (unpaired) electrons. The number of rotatable bonds is 5. The molecule has 126 valence electrons. The van der Waals surface area contributed by atoms with E-state index < -0.39 is 34.1 Å². The first-order valence-electron chi connectivity index (χ1n) is 6.79. The van der Waals surface area contributed by atoms with Crippen molar-refractivity contribution in [3.8, 4) is 0 Å². The Morgan fingerprint density at radius 3 is 2.50 bits per heavy atom. The highest BCUT2D eigenvalue weighted by molar-refractivity contribution is 7.90. The van der Waals surface area contributed by atoms with E-state index >= 15 is 0 Å². The van der Waals surface area contributed by atoms with Gasteiger partial charge in [0, 0.05) is 6.26 Å². The predicted octanol–water partition coefficient (Wildman–Crippen LogP) is 2.02. The molecule has 0 spiro atoms. The summed E-state index contributed by atoms with van der Waals surface area (Å²) in [6.07, 6.45) is 1.01. The van der Waals surface area contributed by atoms with E-state index in [9.17, 15) is 22.4 Å². The second kappa shape index (κ2) is 7.22. The van der Waals surface area contributed by atoms with Crippen LogP contribution in [0.2, 0.25) is 0 Å². The summed E-state index contributed by atoms with van der Waals surface area (Å²) in [5, 5.41) is 2.27. The summed E-state index contributed by atoms with van der Waals surface area (Å²) in [6, 6.07) is 10.8. The second-order valence-electron chi connectivity index (χ2n) is 4.90. The fraction of sp³-hybridized carbons (Fsp3) is 0.125. The van der Waals surface area contributed by atoms with Gasteiger partial charge < -0.3 is 10.1 Å². The molecule has 2 aromatic rings. The molecule has 0 unspecified atom stereocenters. The molecule has 0 aliphatic heterocycles. The Kier molecular flexibility index (Phi) is 5.30. The van der Waals surface area contributed by atoms with Crippen LogP contribution in [0.15, 0.2) is 53.4 Å². The summed E-state index contributed by atoms with van der Waals surface area (Å²) in [6.45, 7) is -0.629. The second-order valence-corrected chi connectivity index (χ2v) is 6.92. The minimum atomic E-state index is -3.46. The van der Waals surface area contributed by atoms with Gasteiger partial charge in [0.15, 0.2) is 16.4 Å². The maximum Gasteiger partial charge on any atom is 0.338 e. The van der Waals surface area contributed by atoms with Crippen LogP contribution in [0.5, 0.6) is 0 Å². The van der Waals surface area contributed by atoms with Crippen LogP contribution in [0.4, 0.5) is 10.1 Å². The topological polar surface area (TPSA) is 89.5 Å². The van der Waals surface area contributed by atoms with Gasteiger partial charge in [-0.05, 0) is 30.3 Å². The van der Waals surface area contributed by atoms with Crippen molar-refractivity contribution in [3.05, 3.63) is 59.9 Å². The molecule has 0 aromatic heterocycles. The minimum absolute atomic E-state index is 0.00313. The SMILES string of the molecule is CS(=O)(=O)c1cccc(C(=O)OCC(=O)Nc2ccccc2F)c1. The molecule has 0 aliphatic rings. The minimum Gasteiger partial charge on any atom is -0.452 e. The summed E-state index contributed by atoms with van der Waals surface area (Å²) in [4.78, 5) is 23.5. The van der Waals surface area contributed by atoms with Gasteiger partial charge in [-0.15, -0.1) is 0 Å². The summed E-state index contributed by atoms with van der Waals surface area (Å²) in [7, 11) is -3.46. The lowest BCUT2D eigenvalue weighted by molar-refractivity contribution is -0.119. The third-order valence-corrected chi connectivity index (χ3v) is 4.09. The van der Waals surface area contributed by atoms with Crippen LogP contribution in [-0.4, -0.2) is 33.2 Å². The molecular weight excluding hydrogens is 337 g/mol. The Morgan fingerprint density at radius 2 is 1.83 bits per heavy atom. The smallest absolute Gasteiger partial charge is 0.338 e. The molecule has 6 nitrogen and oxygen atoms in total. The van der Waals surface area contributed by atoms with Gasteiger partial charge in [0.1, 0.15) is 5.82 Å². The maximum absolute atomic E-state index is 13.4. The Bertz CT molecular complexity index is 880. The van der Waals surface area contributed by atoms with E-state index in [0.29, 0.717) is 0 Å². The third-order valence-electron chi connectivity index (χ3n) is 2.98. The Morgan fingerprint density at radius 1 is 1.12 bits per heavy atom. The van der Waals surface area contributed by atoms with Crippen LogP contribution in [-0.2, 0) is 19.4 Å². The van der Waals surface area contributed by atoms with Gasteiger partial charge in [-0.3, -0.25) is 4.79 Å². The van der Waals surface area contributed by atoms with Gasteiger partial charge in [-0.2, -0.15) is 0 Å². The van der Waals surface area contributed by atoms with Crippen molar-refractivity contribution in [2.45, 2.75) is 4.90 Å². The lowest BCUT2D eigenvalue weighted by Crippen LogP contribution is -2.21. The summed E-state index contributed by atoms with van der Waals surface area (Å²) in [5.74, 6) is -2.19. The highest BCUT2D eigenvalue weighted by Gasteiger charge is 2.14. The van der Waals surface area contributed by atoms with Gasteiger partial charge in [0.25, 0.3) is 5.91 Å². The molecule has 1 N–H and O–H groups in total. The fourth-order valence-electron chi connectivity index (χ4n) is 1.82. The van der Waals surface area contributed by atoms with Crippen LogP contribution < -0.4 is 5.32 Å². The van der Waals surface area contributed by atoms with Crippen molar-refractivity contribution in [3.63, 3.8) is 0 Å². The number of para-hydroxylation sites is 1. The molecular formula is C16H14FNO5S. The van der Waals surface area contributed by atoms with E-state index in [-0.39, 0.29) is 16.1 Å². The van der Waals surface area contributed by atoms with E-state index in [1.807, 2.05) is 0 Å². The van der Waals surface area contributed by atoms with Gasteiger partial charge in [0.05, 0.1) is 16.1 Å². The number of amides is 1. The van der Waals surface area contributed by atoms with Crippen LogP contribution in [0.1, 0.15) is 10.4 Å². The van der Waals surface area contributed by atoms with E-state index in [4.69, 9.17) is 4.74 Å². The first-order valence-corrected chi connectivity index (χ1v) is 8.68. The van der Waals surface area contributed by atoms with Crippen LogP contribution in [0.25, 0.3) is 0 Å². The third kappa shape index (κ3) is 4.63. The number of nitrogens with one attached hydrogen (secondary N) is 1. The van der Waals surface area contributed by atoms with Crippen molar-refractivity contribution in [1.82, 2.24) is 0 Å². The molecule has 8 heteroatoms. The number of carbonyl (C=O) groups excluding carboxylic acids is 2. The Labute approximate surface area is 138 Å². The highest BCUT2D eigenvalue weighted by atomic mass is 32.2. The van der Waals surface area contributed by atoms with Gasteiger partial charge in [-0.1, -0.05) is 18.2 Å². The first kappa shape index (κ1) is 17.6. The Balaban J connectivity index is 1.98. The van der Waals surface area contributed by atoms with Crippen molar-refractivity contribution in [2.75, 3.05) is 18.2 Å². The predicted molar refractivity (Wildman–Crippen MR) is 84.9 cm³/mol. The number of hydrogen-bond donors (Lipinski definition) is 1. The number of hydrogen-bond acceptors (Lipinski definition) is 5. The van der Waals surface area contributed by atoms with Crippen LogP contribution >= 0.6 is 0 Å². The van der Waals surface area contributed by atoms with E-state index in [0.717, 1.165) is 12.3 Å².